The van der Waals surface area contributed by atoms with Crippen molar-refractivity contribution in [3.63, 3.8) is 0 Å². The summed E-state index contributed by atoms with van der Waals surface area (Å²) in [7, 11) is 0. The summed E-state index contributed by atoms with van der Waals surface area (Å²) < 4.78 is 5.15. The molecular weight excluding hydrogens is 238 g/mol. The van der Waals surface area contributed by atoms with E-state index in [-0.39, 0.29) is 11.9 Å². The molecule has 0 heterocycles. The van der Waals surface area contributed by atoms with Gasteiger partial charge in [0.2, 0.25) is 0 Å². The average molecular weight is 261 g/mol. The van der Waals surface area contributed by atoms with Crippen LogP contribution in [-0.4, -0.2) is 19.1 Å². The van der Waals surface area contributed by atoms with Gasteiger partial charge < -0.3 is 10.1 Å². The summed E-state index contributed by atoms with van der Waals surface area (Å²) in [6.07, 6.45) is 2.02. The molecule has 0 spiro atoms. The monoisotopic (exact) mass is 261 g/mol. The molecule has 0 unspecified atom stereocenters. The number of nitrogens with one attached hydrogen (secondary N) is 1. The highest BCUT2D eigenvalue weighted by molar-refractivity contribution is 5.74. The largest absolute Gasteiger partial charge is 0.464 e. The Labute approximate surface area is 115 Å². The van der Waals surface area contributed by atoms with Gasteiger partial charge in [0.25, 0.3) is 0 Å². The number of esters is 1. The van der Waals surface area contributed by atoms with Crippen LogP contribution < -0.4 is 5.32 Å². The molecule has 1 aliphatic carbocycles. The first kappa shape index (κ1) is 14.1. The molecule has 3 heteroatoms. The molecule has 0 atom stereocenters. The van der Waals surface area contributed by atoms with E-state index in [1.165, 1.54) is 11.1 Å². The van der Waals surface area contributed by atoms with Crippen LogP contribution >= 0.6 is 0 Å². The zero-order valence-corrected chi connectivity index (χ0v) is 11.8. The molecule has 1 aliphatic rings. The van der Waals surface area contributed by atoms with E-state index < -0.39 is 0 Å². The third kappa shape index (κ3) is 4.67. The van der Waals surface area contributed by atoms with Crippen molar-refractivity contribution in [2.24, 2.45) is 5.92 Å². The van der Waals surface area contributed by atoms with Crippen LogP contribution in [0.25, 0.3) is 0 Å². The standard InChI is InChI=1S/C16H23NO2/c1-12(2)14-5-3-13(4-6-14)11-17-9-10-19-16(18)15-7-8-15/h3-6,12,15,17H,7-11H2,1-2H3. The fraction of sp³-hybridized carbons (Fsp3) is 0.562. The minimum atomic E-state index is -0.0249. The molecular formula is C16H23NO2. The Morgan fingerprint density at radius 1 is 1.32 bits per heavy atom. The molecule has 0 radical (unpaired) electrons. The first-order valence-corrected chi connectivity index (χ1v) is 7.13. The van der Waals surface area contributed by atoms with Crippen LogP contribution in [0, 0.1) is 5.92 Å². The number of carbonyl (C=O) groups excluding carboxylic acids is 1. The second kappa shape index (κ2) is 6.71. The molecule has 1 aromatic rings. The fourth-order valence-corrected chi connectivity index (χ4v) is 1.91. The van der Waals surface area contributed by atoms with Gasteiger partial charge in [0, 0.05) is 13.1 Å². The number of benzene rings is 1. The zero-order chi connectivity index (χ0) is 13.7. The van der Waals surface area contributed by atoms with Crippen LogP contribution in [0.2, 0.25) is 0 Å². The molecule has 0 amide bonds. The Hall–Kier alpha value is -1.35. The van der Waals surface area contributed by atoms with Crippen LogP contribution in [0.15, 0.2) is 24.3 Å². The summed E-state index contributed by atoms with van der Waals surface area (Å²) >= 11 is 0. The maximum Gasteiger partial charge on any atom is 0.308 e. The Morgan fingerprint density at radius 2 is 2.00 bits per heavy atom. The zero-order valence-electron chi connectivity index (χ0n) is 11.8. The van der Waals surface area contributed by atoms with E-state index in [0.717, 1.165) is 19.4 Å². The van der Waals surface area contributed by atoms with Crippen molar-refractivity contribution in [2.75, 3.05) is 13.2 Å². The topological polar surface area (TPSA) is 38.3 Å². The van der Waals surface area contributed by atoms with Gasteiger partial charge in [0.1, 0.15) is 6.61 Å². The minimum absolute atomic E-state index is 0.0249. The highest BCUT2D eigenvalue weighted by atomic mass is 16.5. The highest BCUT2D eigenvalue weighted by Crippen LogP contribution is 2.29. The molecule has 1 fully saturated rings. The van der Waals surface area contributed by atoms with Crippen molar-refractivity contribution in [3.05, 3.63) is 35.4 Å². The summed E-state index contributed by atoms with van der Waals surface area (Å²) in [6, 6.07) is 8.65. The first-order valence-electron chi connectivity index (χ1n) is 7.13. The second-order valence-electron chi connectivity index (χ2n) is 5.51. The van der Waals surface area contributed by atoms with Gasteiger partial charge in [-0.1, -0.05) is 38.1 Å². The Morgan fingerprint density at radius 3 is 2.58 bits per heavy atom. The molecule has 1 saturated carbocycles. The molecule has 1 aromatic carbocycles. The highest BCUT2D eigenvalue weighted by Gasteiger charge is 2.30. The number of rotatable bonds is 7. The molecule has 0 bridgehead atoms. The summed E-state index contributed by atoms with van der Waals surface area (Å²) in [6.45, 7) is 6.39. The van der Waals surface area contributed by atoms with Crippen LogP contribution in [0.3, 0.4) is 0 Å². The van der Waals surface area contributed by atoms with Gasteiger partial charge in [-0.25, -0.2) is 0 Å². The average Bonchev–Trinajstić information content (AvgIpc) is 3.23. The van der Waals surface area contributed by atoms with Crippen LogP contribution in [0.1, 0.15) is 43.7 Å². The van der Waals surface area contributed by atoms with E-state index in [4.69, 9.17) is 4.74 Å². The molecule has 0 aliphatic heterocycles. The number of carbonyl (C=O) groups is 1. The van der Waals surface area contributed by atoms with E-state index in [2.05, 4.69) is 43.4 Å². The Bertz CT molecular complexity index is 407. The van der Waals surface area contributed by atoms with E-state index in [9.17, 15) is 4.79 Å². The summed E-state index contributed by atoms with van der Waals surface area (Å²) in [4.78, 5) is 11.3. The van der Waals surface area contributed by atoms with Gasteiger partial charge in [0.05, 0.1) is 5.92 Å². The lowest BCUT2D eigenvalue weighted by Crippen LogP contribution is -2.21. The molecule has 0 saturated heterocycles. The number of hydrogen-bond donors (Lipinski definition) is 1. The van der Waals surface area contributed by atoms with Gasteiger partial charge in [0.15, 0.2) is 0 Å². The minimum Gasteiger partial charge on any atom is -0.464 e. The summed E-state index contributed by atoms with van der Waals surface area (Å²) in [5, 5.41) is 3.29. The molecule has 0 aromatic heterocycles. The SMILES string of the molecule is CC(C)c1ccc(CNCCOC(=O)C2CC2)cc1. The van der Waals surface area contributed by atoms with Gasteiger partial charge in [-0.3, -0.25) is 4.79 Å². The van der Waals surface area contributed by atoms with Crippen molar-refractivity contribution in [2.45, 2.75) is 39.2 Å². The van der Waals surface area contributed by atoms with Crippen molar-refractivity contribution in [1.82, 2.24) is 5.32 Å². The molecule has 1 N–H and O–H groups in total. The Kier molecular flexibility index (Phi) is 4.97. The fourth-order valence-electron chi connectivity index (χ4n) is 1.91. The van der Waals surface area contributed by atoms with E-state index in [1.54, 1.807) is 0 Å². The van der Waals surface area contributed by atoms with Crippen LogP contribution in [0.5, 0.6) is 0 Å². The second-order valence-corrected chi connectivity index (χ2v) is 5.51. The van der Waals surface area contributed by atoms with Gasteiger partial charge in [-0.2, -0.15) is 0 Å². The maximum atomic E-state index is 11.3. The lowest BCUT2D eigenvalue weighted by atomic mass is 10.0. The lowest BCUT2D eigenvalue weighted by molar-refractivity contribution is -0.145. The first-order chi connectivity index (χ1) is 9.16. The lowest BCUT2D eigenvalue weighted by Gasteiger charge is -2.08. The van der Waals surface area contributed by atoms with Gasteiger partial charge in [-0.05, 0) is 29.9 Å². The van der Waals surface area contributed by atoms with Crippen molar-refractivity contribution < 1.29 is 9.53 Å². The van der Waals surface area contributed by atoms with Crippen molar-refractivity contribution in [3.8, 4) is 0 Å². The molecule has 3 nitrogen and oxygen atoms in total. The summed E-state index contributed by atoms with van der Waals surface area (Å²) in [5.41, 5.74) is 2.63. The normalized spacial score (nSPS) is 14.7. The maximum absolute atomic E-state index is 11.3. The molecule has 19 heavy (non-hydrogen) atoms. The Balaban J connectivity index is 1.60. The molecule has 2 rings (SSSR count). The van der Waals surface area contributed by atoms with Crippen molar-refractivity contribution in [1.29, 1.82) is 0 Å². The van der Waals surface area contributed by atoms with Crippen LogP contribution in [-0.2, 0) is 16.1 Å². The van der Waals surface area contributed by atoms with E-state index >= 15 is 0 Å². The third-order valence-electron chi connectivity index (χ3n) is 3.41. The van der Waals surface area contributed by atoms with Gasteiger partial charge in [-0.15, -0.1) is 0 Å². The van der Waals surface area contributed by atoms with E-state index in [0.29, 0.717) is 19.1 Å². The quantitative estimate of drug-likeness (QED) is 0.606. The number of ether oxygens (including phenoxy) is 1. The third-order valence-corrected chi connectivity index (χ3v) is 3.41. The number of hydrogen-bond acceptors (Lipinski definition) is 3. The molecule has 104 valence electrons. The smallest absolute Gasteiger partial charge is 0.308 e. The predicted molar refractivity (Wildman–Crippen MR) is 75.9 cm³/mol. The van der Waals surface area contributed by atoms with Crippen molar-refractivity contribution >= 4 is 5.97 Å². The van der Waals surface area contributed by atoms with Gasteiger partial charge >= 0.3 is 5.97 Å². The van der Waals surface area contributed by atoms with Crippen LogP contribution in [0.4, 0.5) is 0 Å². The summed E-state index contributed by atoms with van der Waals surface area (Å²) in [5.74, 6) is 0.746. The predicted octanol–water partition coefficient (Wildman–Crippen LogP) is 2.85. The van der Waals surface area contributed by atoms with E-state index in [1.807, 2.05) is 0 Å².